The first kappa shape index (κ1) is 26.0. The molecule has 1 fully saturated rings. The second kappa shape index (κ2) is 11.4. The van der Waals surface area contributed by atoms with Crippen LogP contribution in [0, 0.1) is 5.82 Å². The van der Waals surface area contributed by atoms with Crippen molar-refractivity contribution in [2.24, 2.45) is 10.2 Å². The van der Waals surface area contributed by atoms with Crippen LogP contribution in [0.3, 0.4) is 0 Å². The van der Waals surface area contributed by atoms with Crippen molar-refractivity contribution in [2.75, 3.05) is 36.5 Å². The standard InChI is InChI=1S/C25H21F4N9O/c26-21-14-32-24(36-23(21)38-7-9-39-10-8-38)37-34-13-17-1-2-18(12-31-17)35-16-3-4-19(20(11-16)25(27,28)29)22-5-6-30-15-33-22/h1-6,11-12,14-15,35H,7-10,13H2. The smallest absolute Gasteiger partial charge is 0.378 e. The van der Waals surface area contributed by atoms with E-state index in [0.29, 0.717) is 37.7 Å². The summed E-state index contributed by atoms with van der Waals surface area (Å²) in [6.45, 7) is 2.08. The fraction of sp³-hybridized carbons (Fsp3) is 0.240. The molecular formula is C25H21F4N9O. The SMILES string of the molecule is Fc1cnc(N=NCc2ccc(Nc3ccc(-c4ccncn4)c(C(F)(F)F)c3)cn2)nc1N1CCOCC1. The van der Waals surface area contributed by atoms with Crippen LogP contribution in [-0.2, 0) is 17.5 Å². The molecule has 1 N–H and O–H groups in total. The van der Waals surface area contributed by atoms with E-state index in [1.165, 1.54) is 36.9 Å². The highest BCUT2D eigenvalue weighted by molar-refractivity contribution is 5.70. The summed E-state index contributed by atoms with van der Waals surface area (Å²) in [6.07, 6.45) is 0.527. The largest absolute Gasteiger partial charge is 0.417 e. The van der Waals surface area contributed by atoms with Crippen LogP contribution in [0.1, 0.15) is 11.3 Å². The number of ether oxygens (including phenoxy) is 1. The van der Waals surface area contributed by atoms with Gasteiger partial charge in [-0.25, -0.2) is 19.3 Å². The fourth-order valence-corrected chi connectivity index (χ4v) is 3.85. The third kappa shape index (κ3) is 6.46. The minimum Gasteiger partial charge on any atom is -0.378 e. The number of pyridine rings is 1. The average Bonchev–Trinajstić information content (AvgIpc) is 2.95. The molecule has 5 rings (SSSR count). The Morgan fingerprint density at radius 2 is 1.79 bits per heavy atom. The maximum Gasteiger partial charge on any atom is 0.417 e. The van der Waals surface area contributed by atoms with Crippen LogP contribution in [0.25, 0.3) is 11.3 Å². The van der Waals surface area contributed by atoms with Crippen molar-refractivity contribution in [1.82, 2.24) is 24.9 Å². The number of halogens is 4. The van der Waals surface area contributed by atoms with Crippen LogP contribution in [-0.4, -0.2) is 51.2 Å². The normalized spacial score (nSPS) is 14.1. The van der Waals surface area contributed by atoms with Crippen LogP contribution >= 0.6 is 0 Å². The van der Waals surface area contributed by atoms with Crippen molar-refractivity contribution < 1.29 is 22.3 Å². The quantitative estimate of drug-likeness (QED) is 0.247. The number of nitrogens with one attached hydrogen (secondary N) is 1. The van der Waals surface area contributed by atoms with E-state index in [9.17, 15) is 17.6 Å². The molecule has 4 heterocycles. The highest BCUT2D eigenvalue weighted by atomic mass is 19.4. The first-order valence-electron chi connectivity index (χ1n) is 11.8. The van der Waals surface area contributed by atoms with Gasteiger partial charge in [-0.3, -0.25) is 4.98 Å². The molecular weight excluding hydrogens is 518 g/mol. The summed E-state index contributed by atoms with van der Waals surface area (Å²) in [5.41, 5.74) is 0.573. The summed E-state index contributed by atoms with van der Waals surface area (Å²) >= 11 is 0. The predicted molar refractivity (Wildman–Crippen MR) is 133 cm³/mol. The maximum atomic E-state index is 14.2. The number of azo groups is 1. The van der Waals surface area contributed by atoms with E-state index in [-0.39, 0.29) is 35.3 Å². The van der Waals surface area contributed by atoms with Gasteiger partial charge in [0, 0.05) is 30.5 Å². The summed E-state index contributed by atoms with van der Waals surface area (Å²) in [7, 11) is 0. The van der Waals surface area contributed by atoms with Gasteiger partial charge in [0.05, 0.1) is 48.2 Å². The van der Waals surface area contributed by atoms with Gasteiger partial charge in [-0.2, -0.15) is 23.3 Å². The monoisotopic (exact) mass is 539 g/mol. The number of benzene rings is 1. The number of nitrogens with zero attached hydrogens (tertiary/aromatic N) is 8. The van der Waals surface area contributed by atoms with Crippen molar-refractivity contribution in [2.45, 2.75) is 12.7 Å². The van der Waals surface area contributed by atoms with Crippen LogP contribution in [0.4, 0.5) is 40.7 Å². The van der Waals surface area contributed by atoms with E-state index in [1.54, 1.807) is 17.0 Å². The Balaban J connectivity index is 1.24. The number of hydrogen-bond acceptors (Lipinski definition) is 10. The van der Waals surface area contributed by atoms with Crippen LogP contribution < -0.4 is 10.2 Å². The second-order valence-electron chi connectivity index (χ2n) is 8.36. The molecule has 0 amide bonds. The first-order valence-corrected chi connectivity index (χ1v) is 11.8. The van der Waals surface area contributed by atoms with Gasteiger partial charge in [0.15, 0.2) is 11.6 Å². The summed E-state index contributed by atoms with van der Waals surface area (Å²) < 4.78 is 60.7. The van der Waals surface area contributed by atoms with Gasteiger partial charge in [-0.05, 0) is 30.3 Å². The molecule has 4 aromatic rings. The van der Waals surface area contributed by atoms with E-state index in [2.05, 4.69) is 40.5 Å². The number of aromatic nitrogens is 5. The molecule has 3 aromatic heterocycles. The molecule has 1 saturated heterocycles. The fourth-order valence-electron chi connectivity index (χ4n) is 3.85. The third-order valence-electron chi connectivity index (χ3n) is 5.71. The van der Waals surface area contributed by atoms with Crippen molar-refractivity contribution in [3.8, 4) is 11.3 Å². The van der Waals surface area contributed by atoms with Gasteiger partial charge >= 0.3 is 6.18 Å². The summed E-state index contributed by atoms with van der Waals surface area (Å²) in [6, 6.07) is 8.65. The Bertz CT molecular complexity index is 1440. The third-order valence-corrected chi connectivity index (χ3v) is 5.71. The number of rotatable bonds is 7. The van der Waals surface area contributed by atoms with Crippen LogP contribution in [0.15, 0.2) is 71.5 Å². The Morgan fingerprint density at radius 1 is 0.974 bits per heavy atom. The van der Waals surface area contributed by atoms with Gasteiger partial charge in [0.25, 0.3) is 5.95 Å². The molecule has 0 unspecified atom stereocenters. The van der Waals surface area contributed by atoms with Crippen molar-refractivity contribution in [1.29, 1.82) is 0 Å². The molecule has 200 valence electrons. The lowest BCUT2D eigenvalue weighted by Crippen LogP contribution is -2.37. The van der Waals surface area contributed by atoms with Crippen LogP contribution in [0.2, 0.25) is 0 Å². The minimum atomic E-state index is -4.58. The van der Waals surface area contributed by atoms with E-state index in [1.807, 2.05) is 0 Å². The Labute approximate surface area is 219 Å². The first-order chi connectivity index (χ1) is 18.9. The minimum absolute atomic E-state index is 0.0158. The Hall–Kier alpha value is -4.59. The van der Waals surface area contributed by atoms with Gasteiger partial charge in [-0.1, -0.05) is 6.07 Å². The lowest BCUT2D eigenvalue weighted by molar-refractivity contribution is -0.137. The highest BCUT2D eigenvalue weighted by Crippen LogP contribution is 2.38. The zero-order valence-electron chi connectivity index (χ0n) is 20.3. The molecule has 14 heteroatoms. The predicted octanol–water partition coefficient (Wildman–Crippen LogP) is 5.35. The van der Waals surface area contributed by atoms with E-state index in [0.717, 1.165) is 12.3 Å². The molecule has 0 atom stereocenters. The number of hydrogen-bond donors (Lipinski definition) is 1. The topological polar surface area (TPSA) is 114 Å². The molecule has 39 heavy (non-hydrogen) atoms. The second-order valence-corrected chi connectivity index (χ2v) is 8.36. The Morgan fingerprint density at radius 3 is 2.51 bits per heavy atom. The number of alkyl halides is 3. The molecule has 0 radical (unpaired) electrons. The number of anilines is 3. The number of morpholine rings is 1. The van der Waals surface area contributed by atoms with Gasteiger partial charge in [0.2, 0.25) is 0 Å². The molecule has 0 bridgehead atoms. The summed E-state index contributed by atoms with van der Waals surface area (Å²) in [5.74, 6) is -0.386. The van der Waals surface area contributed by atoms with Gasteiger partial charge < -0.3 is 15.0 Å². The molecule has 0 aliphatic carbocycles. The molecule has 0 spiro atoms. The average molecular weight is 539 g/mol. The summed E-state index contributed by atoms with van der Waals surface area (Å²) in [4.78, 5) is 21.7. The van der Waals surface area contributed by atoms with E-state index < -0.39 is 17.6 Å². The molecule has 1 aliphatic heterocycles. The van der Waals surface area contributed by atoms with Crippen molar-refractivity contribution >= 4 is 23.1 Å². The molecule has 0 saturated carbocycles. The lowest BCUT2D eigenvalue weighted by Gasteiger charge is -2.27. The highest BCUT2D eigenvalue weighted by Gasteiger charge is 2.34. The zero-order valence-corrected chi connectivity index (χ0v) is 20.3. The van der Waals surface area contributed by atoms with Gasteiger partial charge in [0.1, 0.15) is 12.9 Å². The van der Waals surface area contributed by atoms with E-state index >= 15 is 0 Å². The van der Waals surface area contributed by atoms with E-state index in [4.69, 9.17) is 4.74 Å². The zero-order chi connectivity index (χ0) is 27.2. The maximum absolute atomic E-state index is 14.2. The molecule has 1 aromatic carbocycles. The summed E-state index contributed by atoms with van der Waals surface area (Å²) in [5, 5.41) is 10.9. The van der Waals surface area contributed by atoms with Crippen molar-refractivity contribution in [3.05, 3.63) is 78.4 Å². The van der Waals surface area contributed by atoms with Crippen molar-refractivity contribution in [3.63, 3.8) is 0 Å². The molecule has 1 aliphatic rings. The molecule has 10 nitrogen and oxygen atoms in total. The van der Waals surface area contributed by atoms with Crippen LogP contribution in [0.5, 0.6) is 0 Å². The Kier molecular flexibility index (Phi) is 7.63. The van der Waals surface area contributed by atoms with Gasteiger partial charge in [-0.15, -0.1) is 5.11 Å². The lowest BCUT2D eigenvalue weighted by atomic mass is 10.0.